The van der Waals surface area contributed by atoms with Gasteiger partial charge in [-0.3, -0.25) is 0 Å². The zero-order chi connectivity index (χ0) is 21.1. The van der Waals surface area contributed by atoms with Crippen molar-refractivity contribution in [1.29, 1.82) is 0 Å². The van der Waals surface area contributed by atoms with Crippen molar-refractivity contribution in [2.75, 3.05) is 0 Å². The largest absolute Gasteiger partial charge is 0.489 e. The van der Waals surface area contributed by atoms with E-state index in [0.29, 0.717) is 12.5 Å². The molecule has 0 unspecified atom stereocenters. The number of aliphatic hydroxyl groups excluding tert-OH is 2. The molecule has 3 heteroatoms. The number of hydrogen-bond donors (Lipinski definition) is 2. The molecule has 0 atom stereocenters. The van der Waals surface area contributed by atoms with Gasteiger partial charge in [-0.15, -0.1) is 0 Å². The van der Waals surface area contributed by atoms with Crippen LogP contribution in [0.1, 0.15) is 62.3 Å². The Kier molecular flexibility index (Phi) is 9.69. The van der Waals surface area contributed by atoms with Crippen molar-refractivity contribution in [3.63, 3.8) is 0 Å². The third-order valence-electron chi connectivity index (χ3n) is 5.33. The SMILES string of the molecule is CCC(=CC=CC(CC)CC)c1cccc(OCc2ccc(CO)c(CO)c2)c1. The van der Waals surface area contributed by atoms with Crippen molar-refractivity contribution in [1.82, 2.24) is 0 Å². The highest BCUT2D eigenvalue weighted by atomic mass is 16.5. The fourth-order valence-electron chi connectivity index (χ4n) is 3.33. The molecule has 0 heterocycles. The Bertz CT molecular complexity index is 816. The Balaban J connectivity index is 2.10. The summed E-state index contributed by atoms with van der Waals surface area (Å²) in [6, 6.07) is 13.8. The smallest absolute Gasteiger partial charge is 0.120 e. The topological polar surface area (TPSA) is 49.7 Å². The normalized spacial score (nSPS) is 12.1. The van der Waals surface area contributed by atoms with E-state index in [2.05, 4.69) is 51.1 Å². The van der Waals surface area contributed by atoms with Gasteiger partial charge in [0, 0.05) is 0 Å². The summed E-state index contributed by atoms with van der Waals surface area (Å²) in [5.41, 5.74) is 4.91. The van der Waals surface area contributed by atoms with Gasteiger partial charge in [-0.2, -0.15) is 0 Å². The van der Waals surface area contributed by atoms with E-state index in [9.17, 15) is 10.2 Å². The molecule has 0 amide bonds. The van der Waals surface area contributed by atoms with Crippen LogP contribution in [0.25, 0.3) is 5.57 Å². The lowest BCUT2D eigenvalue weighted by Crippen LogP contribution is -2.00. The van der Waals surface area contributed by atoms with E-state index in [1.807, 2.05) is 30.3 Å². The Hall–Kier alpha value is -2.36. The second kappa shape index (κ2) is 12.3. The van der Waals surface area contributed by atoms with E-state index < -0.39 is 0 Å². The second-order valence-corrected chi connectivity index (χ2v) is 7.24. The molecule has 2 aromatic carbocycles. The molecular formula is C26H34O3. The van der Waals surface area contributed by atoms with E-state index in [4.69, 9.17) is 4.74 Å². The molecule has 0 saturated heterocycles. The number of rotatable bonds is 11. The molecule has 0 aliphatic heterocycles. The molecule has 0 radical (unpaired) electrons. The van der Waals surface area contributed by atoms with Gasteiger partial charge in [-0.1, -0.05) is 63.3 Å². The Labute approximate surface area is 175 Å². The molecule has 0 fully saturated rings. The Morgan fingerprint density at radius 3 is 2.38 bits per heavy atom. The third-order valence-corrected chi connectivity index (χ3v) is 5.33. The molecule has 0 saturated carbocycles. The summed E-state index contributed by atoms with van der Waals surface area (Å²) in [5.74, 6) is 1.46. The molecule has 0 aromatic heterocycles. The first-order chi connectivity index (χ1) is 14.1. The van der Waals surface area contributed by atoms with Crippen LogP contribution in [0.3, 0.4) is 0 Å². The van der Waals surface area contributed by atoms with E-state index in [0.717, 1.165) is 28.9 Å². The van der Waals surface area contributed by atoms with Crippen LogP contribution in [0.2, 0.25) is 0 Å². The molecule has 0 spiro atoms. The maximum Gasteiger partial charge on any atom is 0.120 e. The highest BCUT2D eigenvalue weighted by Crippen LogP contribution is 2.24. The van der Waals surface area contributed by atoms with Gasteiger partial charge in [0.2, 0.25) is 0 Å². The number of ether oxygens (including phenoxy) is 1. The molecule has 0 aliphatic carbocycles. The molecule has 156 valence electrons. The molecule has 0 bridgehead atoms. The fourth-order valence-corrected chi connectivity index (χ4v) is 3.33. The summed E-state index contributed by atoms with van der Waals surface area (Å²) in [4.78, 5) is 0. The molecule has 2 N–H and O–H groups in total. The van der Waals surface area contributed by atoms with Crippen LogP contribution >= 0.6 is 0 Å². The molecule has 29 heavy (non-hydrogen) atoms. The lowest BCUT2D eigenvalue weighted by molar-refractivity contribution is 0.259. The van der Waals surface area contributed by atoms with Gasteiger partial charge >= 0.3 is 0 Å². The first kappa shape index (κ1) is 22.9. The van der Waals surface area contributed by atoms with Gasteiger partial charge in [0.15, 0.2) is 0 Å². The van der Waals surface area contributed by atoms with Gasteiger partial charge in [-0.05, 0) is 71.2 Å². The van der Waals surface area contributed by atoms with Crippen molar-refractivity contribution >= 4 is 5.57 Å². The highest BCUT2D eigenvalue weighted by Gasteiger charge is 2.05. The van der Waals surface area contributed by atoms with E-state index in [1.165, 1.54) is 24.0 Å². The number of allylic oxidation sites excluding steroid dienone is 4. The van der Waals surface area contributed by atoms with Crippen LogP contribution in [0.15, 0.2) is 60.7 Å². The van der Waals surface area contributed by atoms with Crippen molar-refractivity contribution in [2.24, 2.45) is 5.92 Å². The average molecular weight is 395 g/mol. The Morgan fingerprint density at radius 1 is 0.966 bits per heavy atom. The summed E-state index contributed by atoms with van der Waals surface area (Å²) in [5, 5.41) is 18.8. The average Bonchev–Trinajstić information content (AvgIpc) is 2.78. The molecule has 3 nitrogen and oxygen atoms in total. The van der Waals surface area contributed by atoms with Gasteiger partial charge in [-0.25, -0.2) is 0 Å². The predicted molar refractivity (Wildman–Crippen MR) is 121 cm³/mol. The summed E-state index contributed by atoms with van der Waals surface area (Å²) >= 11 is 0. The van der Waals surface area contributed by atoms with Crippen molar-refractivity contribution in [3.8, 4) is 5.75 Å². The van der Waals surface area contributed by atoms with Crippen molar-refractivity contribution in [3.05, 3.63) is 82.9 Å². The van der Waals surface area contributed by atoms with Crippen LogP contribution in [0.5, 0.6) is 5.75 Å². The van der Waals surface area contributed by atoms with Gasteiger partial charge in [0.25, 0.3) is 0 Å². The predicted octanol–water partition coefficient (Wildman–Crippen LogP) is 6.04. The van der Waals surface area contributed by atoms with Gasteiger partial charge in [0.05, 0.1) is 13.2 Å². The maximum absolute atomic E-state index is 9.46. The molecule has 0 aliphatic rings. The zero-order valence-electron chi connectivity index (χ0n) is 17.9. The maximum atomic E-state index is 9.46. The second-order valence-electron chi connectivity index (χ2n) is 7.24. The van der Waals surface area contributed by atoms with Crippen LogP contribution in [0, 0.1) is 5.92 Å². The first-order valence-corrected chi connectivity index (χ1v) is 10.6. The number of benzene rings is 2. The van der Waals surface area contributed by atoms with Gasteiger partial charge < -0.3 is 14.9 Å². The first-order valence-electron chi connectivity index (χ1n) is 10.6. The number of aliphatic hydroxyl groups is 2. The highest BCUT2D eigenvalue weighted by molar-refractivity contribution is 5.67. The summed E-state index contributed by atoms with van der Waals surface area (Å²) in [6.45, 7) is 6.88. The van der Waals surface area contributed by atoms with Gasteiger partial charge in [0.1, 0.15) is 12.4 Å². The standard InChI is InChI=1S/C26H34O3/c1-4-20(5-2)9-7-10-22(6-3)23-11-8-12-26(16-23)29-19-21-13-14-24(17-27)25(15-21)18-28/h7-16,20,27-28H,4-6,17-19H2,1-3H3. The van der Waals surface area contributed by atoms with Crippen LogP contribution < -0.4 is 4.74 Å². The summed E-state index contributed by atoms with van der Waals surface area (Å²) < 4.78 is 5.99. The minimum Gasteiger partial charge on any atom is -0.489 e. The summed E-state index contributed by atoms with van der Waals surface area (Å²) in [6.07, 6.45) is 9.98. The van der Waals surface area contributed by atoms with Crippen LogP contribution in [0.4, 0.5) is 0 Å². The minimum atomic E-state index is -0.0890. The molecule has 2 rings (SSSR count). The quantitative estimate of drug-likeness (QED) is 0.457. The van der Waals surface area contributed by atoms with Crippen LogP contribution in [-0.2, 0) is 19.8 Å². The molecule has 2 aromatic rings. The van der Waals surface area contributed by atoms with E-state index in [-0.39, 0.29) is 13.2 Å². The lowest BCUT2D eigenvalue weighted by atomic mass is 10.0. The monoisotopic (exact) mass is 394 g/mol. The van der Waals surface area contributed by atoms with E-state index in [1.54, 1.807) is 0 Å². The van der Waals surface area contributed by atoms with Crippen molar-refractivity contribution in [2.45, 2.75) is 59.9 Å². The van der Waals surface area contributed by atoms with E-state index >= 15 is 0 Å². The zero-order valence-corrected chi connectivity index (χ0v) is 17.9. The van der Waals surface area contributed by atoms with Crippen molar-refractivity contribution < 1.29 is 14.9 Å². The lowest BCUT2D eigenvalue weighted by Gasteiger charge is -2.12. The third kappa shape index (κ3) is 6.88. The minimum absolute atomic E-state index is 0.0725. The van der Waals surface area contributed by atoms with Crippen LogP contribution in [-0.4, -0.2) is 10.2 Å². The number of hydrogen-bond acceptors (Lipinski definition) is 3. The fraction of sp³-hybridized carbons (Fsp3) is 0.385. The molecular weight excluding hydrogens is 360 g/mol. The summed E-state index contributed by atoms with van der Waals surface area (Å²) in [7, 11) is 0. The Morgan fingerprint density at radius 2 is 1.72 bits per heavy atom.